The van der Waals surface area contributed by atoms with E-state index in [1.54, 1.807) is 48.5 Å². The van der Waals surface area contributed by atoms with Crippen LogP contribution in [0, 0.1) is 0 Å². The third-order valence-corrected chi connectivity index (χ3v) is 5.07. The number of nitrogens with one attached hydrogen (secondary N) is 1. The van der Waals surface area contributed by atoms with Gasteiger partial charge in [0.05, 0.1) is 19.2 Å². The number of hydrogen-bond donors (Lipinski definition) is 1. The lowest BCUT2D eigenvalue weighted by Crippen LogP contribution is -2.32. The molecule has 0 unspecified atom stereocenters. The van der Waals surface area contributed by atoms with Gasteiger partial charge in [-0.15, -0.1) is 13.2 Å². The second kappa shape index (κ2) is 9.30. The van der Waals surface area contributed by atoms with Gasteiger partial charge in [0, 0.05) is 11.8 Å². The summed E-state index contributed by atoms with van der Waals surface area (Å²) in [7, 11) is 1.50. The average molecular weight is 468 g/mol. The maximum absolute atomic E-state index is 13.3. The van der Waals surface area contributed by atoms with Gasteiger partial charge in [-0.2, -0.15) is 0 Å². The van der Waals surface area contributed by atoms with Crippen molar-refractivity contribution < 1.29 is 32.2 Å². The molecule has 1 heterocycles. The molecule has 1 N–H and O–H groups in total. The van der Waals surface area contributed by atoms with Gasteiger partial charge < -0.3 is 14.8 Å². The number of imide groups is 1. The molecular weight excluding hydrogens is 449 g/mol. The van der Waals surface area contributed by atoms with Crippen LogP contribution in [0.4, 0.5) is 18.9 Å². The van der Waals surface area contributed by atoms with Crippen molar-refractivity contribution in [2.24, 2.45) is 0 Å². The molecule has 0 bridgehead atoms. The molecular formula is C25H19F3N2O4. The number of carbonyl (C=O) groups excluding carboxylic acids is 2. The molecule has 9 heteroatoms. The van der Waals surface area contributed by atoms with E-state index in [1.165, 1.54) is 19.2 Å². The van der Waals surface area contributed by atoms with Crippen molar-refractivity contribution in [2.45, 2.75) is 12.9 Å². The molecule has 1 aliphatic rings. The van der Waals surface area contributed by atoms with Crippen LogP contribution >= 0.6 is 0 Å². The Balaban J connectivity index is 1.71. The molecule has 0 saturated carbocycles. The molecule has 0 radical (unpaired) electrons. The summed E-state index contributed by atoms with van der Waals surface area (Å²) in [5, 5.41) is 2.83. The van der Waals surface area contributed by atoms with Gasteiger partial charge in [0.2, 0.25) is 0 Å². The number of carbonyl (C=O) groups is 2. The minimum atomic E-state index is -4.86. The van der Waals surface area contributed by atoms with E-state index >= 15 is 0 Å². The van der Waals surface area contributed by atoms with Crippen LogP contribution in [-0.2, 0) is 16.1 Å². The van der Waals surface area contributed by atoms with Crippen molar-refractivity contribution in [1.29, 1.82) is 0 Å². The Kier molecular flexibility index (Phi) is 6.27. The first-order valence-electron chi connectivity index (χ1n) is 10.2. The summed E-state index contributed by atoms with van der Waals surface area (Å²) in [6.07, 6.45) is -4.86. The Morgan fingerprint density at radius 1 is 0.853 bits per heavy atom. The van der Waals surface area contributed by atoms with E-state index in [0.717, 1.165) is 22.6 Å². The van der Waals surface area contributed by atoms with Gasteiger partial charge in [0.1, 0.15) is 17.2 Å². The van der Waals surface area contributed by atoms with Crippen molar-refractivity contribution in [2.75, 3.05) is 12.4 Å². The lowest BCUT2D eigenvalue weighted by Gasteiger charge is -2.15. The molecule has 3 aromatic carbocycles. The van der Waals surface area contributed by atoms with Crippen molar-refractivity contribution in [3.8, 4) is 11.5 Å². The van der Waals surface area contributed by atoms with Gasteiger partial charge in [-0.1, -0.05) is 48.5 Å². The summed E-state index contributed by atoms with van der Waals surface area (Å²) in [5.74, 6) is -1.01. The molecule has 3 aromatic rings. The van der Waals surface area contributed by atoms with Gasteiger partial charge >= 0.3 is 6.36 Å². The zero-order valence-corrected chi connectivity index (χ0v) is 17.9. The number of ether oxygens (including phenoxy) is 2. The fourth-order valence-electron chi connectivity index (χ4n) is 3.54. The van der Waals surface area contributed by atoms with Crippen LogP contribution in [0.3, 0.4) is 0 Å². The summed E-state index contributed by atoms with van der Waals surface area (Å²) < 4.78 is 47.0. The summed E-state index contributed by atoms with van der Waals surface area (Å²) in [5.41, 5.74) is 1.42. The monoisotopic (exact) mass is 468 g/mol. The Labute approximate surface area is 193 Å². The summed E-state index contributed by atoms with van der Waals surface area (Å²) in [6.45, 7) is 0.0422. The second-order valence-electron chi connectivity index (χ2n) is 7.36. The predicted octanol–water partition coefficient (Wildman–Crippen LogP) is 4.99. The van der Waals surface area contributed by atoms with E-state index in [-0.39, 0.29) is 23.5 Å². The summed E-state index contributed by atoms with van der Waals surface area (Å²) >= 11 is 0. The second-order valence-corrected chi connectivity index (χ2v) is 7.36. The van der Waals surface area contributed by atoms with Gasteiger partial charge in [0.25, 0.3) is 11.8 Å². The number of rotatable bonds is 7. The van der Waals surface area contributed by atoms with Crippen LogP contribution in [0.25, 0.3) is 5.57 Å². The van der Waals surface area contributed by atoms with Crippen molar-refractivity contribution in [3.63, 3.8) is 0 Å². The molecule has 34 heavy (non-hydrogen) atoms. The fraction of sp³-hybridized carbons (Fsp3) is 0.120. The maximum atomic E-state index is 13.3. The molecule has 2 amide bonds. The van der Waals surface area contributed by atoms with Crippen LogP contribution in [0.5, 0.6) is 11.5 Å². The third kappa shape index (κ3) is 5.03. The zero-order chi connectivity index (χ0) is 24.3. The molecule has 0 fully saturated rings. The highest BCUT2D eigenvalue weighted by Crippen LogP contribution is 2.33. The first kappa shape index (κ1) is 22.9. The van der Waals surface area contributed by atoms with Gasteiger partial charge in [-0.25, -0.2) is 0 Å². The van der Waals surface area contributed by atoms with Crippen LogP contribution in [0.15, 0.2) is 84.6 Å². The number of benzene rings is 3. The standard InChI is InChI=1S/C25H19F3N2O4/c1-33-19-12-10-17(11-13-19)21-22(29-18-8-5-9-20(14-18)34-25(26,27)28)24(32)30(23(21)31)15-16-6-3-2-4-7-16/h2-14,29H,15H2,1H3. The number of halogens is 3. The molecule has 6 nitrogen and oxygen atoms in total. The minimum absolute atomic E-state index is 0.0422. The zero-order valence-electron chi connectivity index (χ0n) is 17.9. The quantitative estimate of drug-likeness (QED) is 0.495. The number of methoxy groups -OCH3 is 1. The van der Waals surface area contributed by atoms with E-state index < -0.39 is 23.9 Å². The Hall–Kier alpha value is -4.27. The highest BCUT2D eigenvalue weighted by atomic mass is 19.4. The van der Waals surface area contributed by atoms with Gasteiger partial charge in [-0.3, -0.25) is 14.5 Å². The predicted molar refractivity (Wildman–Crippen MR) is 119 cm³/mol. The van der Waals surface area contributed by atoms with Crippen molar-refractivity contribution >= 4 is 23.1 Å². The highest BCUT2D eigenvalue weighted by Gasteiger charge is 2.39. The van der Waals surface area contributed by atoms with E-state index in [4.69, 9.17) is 4.74 Å². The van der Waals surface area contributed by atoms with E-state index in [9.17, 15) is 22.8 Å². The van der Waals surface area contributed by atoms with Crippen LogP contribution in [-0.4, -0.2) is 30.2 Å². The fourth-order valence-corrected chi connectivity index (χ4v) is 3.54. The largest absolute Gasteiger partial charge is 0.573 e. The minimum Gasteiger partial charge on any atom is -0.497 e. The molecule has 0 aliphatic carbocycles. The van der Waals surface area contributed by atoms with Crippen LogP contribution in [0.1, 0.15) is 11.1 Å². The summed E-state index contributed by atoms with van der Waals surface area (Å²) in [6, 6.07) is 20.6. The molecule has 174 valence electrons. The molecule has 4 rings (SSSR count). The number of amides is 2. The topological polar surface area (TPSA) is 67.9 Å². The number of hydrogen-bond acceptors (Lipinski definition) is 5. The SMILES string of the molecule is COc1ccc(C2=C(Nc3cccc(OC(F)(F)F)c3)C(=O)N(Cc3ccccc3)C2=O)cc1. The molecule has 1 aliphatic heterocycles. The Morgan fingerprint density at radius 2 is 1.56 bits per heavy atom. The lowest BCUT2D eigenvalue weighted by molar-refractivity contribution is -0.274. The van der Waals surface area contributed by atoms with Crippen molar-refractivity contribution in [3.05, 3.63) is 95.7 Å². The number of anilines is 1. The van der Waals surface area contributed by atoms with E-state index in [0.29, 0.717) is 11.3 Å². The van der Waals surface area contributed by atoms with Gasteiger partial charge in [-0.05, 0) is 35.4 Å². The Bertz CT molecular complexity index is 1240. The average Bonchev–Trinajstić information content (AvgIpc) is 3.03. The molecule has 0 spiro atoms. The van der Waals surface area contributed by atoms with E-state index in [1.807, 2.05) is 6.07 Å². The van der Waals surface area contributed by atoms with Crippen molar-refractivity contribution in [1.82, 2.24) is 4.90 Å². The normalized spacial score (nSPS) is 13.9. The first-order chi connectivity index (χ1) is 16.2. The van der Waals surface area contributed by atoms with Crippen LogP contribution < -0.4 is 14.8 Å². The lowest BCUT2D eigenvalue weighted by atomic mass is 10.0. The molecule has 0 saturated heterocycles. The molecule has 0 atom stereocenters. The first-order valence-corrected chi connectivity index (χ1v) is 10.2. The Morgan fingerprint density at radius 3 is 2.21 bits per heavy atom. The molecule has 0 aromatic heterocycles. The van der Waals surface area contributed by atoms with Gasteiger partial charge in [0.15, 0.2) is 0 Å². The number of alkyl halides is 3. The smallest absolute Gasteiger partial charge is 0.497 e. The summed E-state index contributed by atoms with van der Waals surface area (Å²) in [4.78, 5) is 27.7. The maximum Gasteiger partial charge on any atom is 0.573 e. The third-order valence-electron chi connectivity index (χ3n) is 5.07. The van der Waals surface area contributed by atoms with E-state index in [2.05, 4.69) is 10.1 Å². The van der Waals surface area contributed by atoms with Crippen LogP contribution in [0.2, 0.25) is 0 Å². The highest BCUT2D eigenvalue weighted by molar-refractivity contribution is 6.36. The number of nitrogens with zero attached hydrogens (tertiary/aromatic N) is 1.